The second-order valence-corrected chi connectivity index (χ2v) is 5.47. The number of anilines is 1. The van der Waals surface area contributed by atoms with Crippen LogP contribution < -0.4 is 10.6 Å². The molecule has 0 saturated heterocycles. The summed E-state index contributed by atoms with van der Waals surface area (Å²) in [7, 11) is 0. The molecule has 0 unspecified atom stereocenters. The van der Waals surface area contributed by atoms with E-state index >= 15 is 0 Å². The Balaban J connectivity index is 2.00. The normalized spacial score (nSPS) is 16.0. The van der Waals surface area contributed by atoms with Crippen molar-refractivity contribution in [1.82, 2.24) is 5.32 Å². The SMILES string of the molecule is O=C(CNc1c(Cl)cccc1C(F)(F)F)NC1CCCC1. The highest BCUT2D eigenvalue weighted by molar-refractivity contribution is 6.33. The lowest BCUT2D eigenvalue weighted by Gasteiger charge is -2.17. The zero-order valence-electron chi connectivity index (χ0n) is 11.3. The third-order valence-corrected chi connectivity index (χ3v) is 3.78. The monoisotopic (exact) mass is 320 g/mol. The molecule has 1 aromatic rings. The zero-order chi connectivity index (χ0) is 15.5. The van der Waals surface area contributed by atoms with Gasteiger partial charge in [0.25, 0.3) is 0 Å². The molecular formula is C14H16ClF3N2O. The van der Waals surface area contributed by atoms with Gasteiger partial charge in [-0.3, -0.25) is 4.79 Å². The molecule has 0 heterocycles. The first kappa shape index (κ1) is 15.9. The molecule has 1 aliphatic carbocycles. The van der Waals surface area contributed by atoms with Crippen molar-refractivity contribution in [3.63, 3.8) is 0 Å². The number of hydrogen-bond acceptors (Lipinski definition) is 2. The molecule has 0 aromatic heterocycles. The van der Waals surface area contributed by atoms with Gasteiger partial charge in [-0.05, 0) is 25.0 Å². The quantitative estimate of drug-likeness (QED) is 0.885. The molecule has 116 valence electrons. The molecule has 0 radical (unpaired) electrons. The van der Waals surface area contributed by atoms with Crippen LogP contribution in [0.15, 0.2) is 18.2 Å². The lowest BCUT2D eigenvalue weighted by Crippen LogP contribution is -2.37. The standard InChI is InChI=1S/C14H16ClF3N2O/c15-11-7-3-6-10(14(16,17)18)13(11)19-8-12(21)20-9-4-1-2-5-9/h3,6-7,9,19H,1-2,4-5,8H2,(H,20,21). The Morgan fingerprint density at radius 1 is 1.29 bits per heavy atom. The topological polar surface area (TPSA) is 41.1 Å². The van der Waals surface area contributed by atoms with Crippen molar-refractivity contribution in [3.05, 3.63) is 28.8 Å². The highest BCUT2D eigenvalue weighted by atomic mass is 35.5. The molecular weight excluding hydrogens is 305 g/mol. The average molecular weight is 321 g/mol. The molecule has 1 aromatic carbocycles. The smallest absolute Gasteiger partial charge is 0.374 e. The first-order valence-corrected chi connectivity index (χ1v) is 7.14. The van der Waals surface area contributed by atoms with E-state index in [1.165, 1.54) is 12.1 Å². The summed E-state index contributed by atoms with van der Waals surface area (Å²) in [6.07, 6.45) is -0.533. The molecule has 0 spiro atoms. The first-order valence-electron chi connectivity index (χ1n) is 6.77. The summed E-state index contributed by atoms with van der Waals surface area (Å²) < 4.78 is 38.6. The molecule has 0 aliphatic heterocycles. The van der Waals surface area contributed by atoms with Crippen LogP contribution in [-0.2, 0) is 11.0 Å². The Kier molecular flexibility index (Phi) is 4.98. The summed E-state index contributed by atoms with van der Waals surface area (Å²) in [6, 6.07) is 3.65. The highest BCUT2D eigenvalue weighted by Crippen LogP contribution is 2.38. The Morgan fingerprint density at radius 3 is 2.57 bits per heavy atom. The number of amides is 1. The van der Waals surface area contributed by atoms with Crippen LogP contribution in [0.4, 0.5) is 18.9 Å². The van der Waals surface area contributed by atoms with Crippen LogP contribution in [0.3, 0.4) is 0 Å². The van der Waals surface area contributed by atoms with E-state index in [1.807, 2.05) is 0 Å². The molecule has 7 heteroatoms. The number of carbonyl (C=O) groups excluding carboxylic acids is 1. The fourth-order valence-corrected chi connectivity index (χ4v) is 2.70. The second kappa shape index (κ2) is 6.56. The van der Waals surface area contributed by atoms with Crippen LogP contribution in [0.5, 0.6) is 0 Å². The van der Waals surface area contributed by atoms with Crippen molar-refractivity contribution in [3.8, 4) is 0 Å². The van der Waals surface area contributed by atoms with Crippen molar-refractivity contribution in [2.75, 3.05) is 11.9 Å². The summed E-state index contributed by atoms with van der Waals surface area (Å²) in [5.41, 5.74) is -1.13. The van der Waals surface area contributed by atoms with E-state index in [1.54, 1.807) is 0 Å². The molecule has 2 rings (SSSR count). The number of carbonyl (C=O) groups is 1. The van der Waals surface area contributed by atoms with Gasteiger partial charge in [-0.1, -0.05) is 30.5 Å². The minimum atomic E-state index is -4.52. The highest BCUT2D eigenvalue weighted by Gasteiger charge is 2.34. The minimum Gasteiger partial charge on any atom is -0.374 e. The summed E-state index contributed by atoms with van der Waals surface area (Å²) in [6.45, 7) is -0.233. The second-order valence-electron chi connectivity index (χ2n) is 5.06. The van der Waals surface area contributed by atoms with Crippen molar-refractivity contribution < 1.29 is 18.0 Å². The molecule has 3 nitrogen and oxygen atoms in total. The van der Waals surface area contributed by atoms with Crippen LogP contribution in [-0.4, -0.2) is 18.5 Å². The van der Waals surface area contributed by atoms with Crippen molar-refractivity contribution in [1.29, 1.82) is 0 Å². The third-order valence-electron chi connectivity index (χ3n) is 3.47. The number of benzene rings is 1. The van der Waals surface area contributed by atoms with Crippen molar-refractivity contribution in [2.24, 2.45) is 0 Å². The minimum absolute atomic E-state index is 0.0570. The molecule has 1 amide bonds. The zero-order valence-corrected chi connectivity index (χ0v) is 12.0. The molecule has 1 fully saturated rings. The van der Waals surface area contributed by atoms with Gasteiger partial charge in [-0.2, -0.15) is 13.2 Å². The lowest BCUT2D eigenvalue weighted by atomic mass is 10.1. The van der Waals surface area contributed by atoms with Gasteiger partial charge in [-0.25, -0.2) is 0 Å². The van der Waals surface area contributed by atoms with E-state index in [0.717, 1.165) is 31.7 Å². The van der Waals surface area contributed by atoms with E-state index in [4.69, 9.17) is 11.6 Å². The molecule has 2 N–H and O–H groups in total. The van der Waals surface area contributed by atoms with Crippen LogP contribution >= 0.6 is 11.6 Å². The number of halogens is 4. The van der Waals surface area contributed by atoms with Gasteiger partial charge in [0.2, 0.25) is 5.91 Å². The van der Waals surface area contributed by atoms with E-state index in [9.17, 15) is 18.0 Å². The number of rotatable bonds is 4. The molecule has 1 aliphatic rings. The summed E-state index contributed by atoms with van der Waals surface area (Å²) in [5, 5.41) is 5.24. The number of nitrogens with one attached hydrogen (secondary N) is 2. The summed E-state index contributed by atoms with van der Waals surface area (Å²) in [5.74, 6) is -0.324. The summed E-state index contributed by atoms with van der Waals surface area (Å²) >= 11 is 5.79. The predicted molar refractivity (Wildman–Crippen MR) is 75.3 cm³/mol. The fourth-order valence-electron chi connectivity index (χ4n) is 2.46. The van der Waals surface area contributed by atoms with Crippen LogP contribution in [0.25, 0.3) is 0 Å². The molecule has 1 saturated carbocycles. The summed E-state index contributed by atoms with van der Waals surface area (Å²) in [4.78, 5) is 11.7. The van der Waals surface area contributed by atoms with E-state index in [-0.39, 0.29) is 29.2 Å². The molecule has 0 atom stereocenters. The van der Waals surface area contributed by atoms with Crippen LogP contribution in [0.1, 0.15) is 31.2 Å². The van der Waals surface area contributed by atoms with E-state index in [2.05, 4.69) is 10.6 Å². The first-order chi connectivity index (χ1) is 9.88. The maximum absolute atomic E-state index is 12.9. The van der Waals surface area contributed by atoms with Gasteiger partial charge >= 0.3 is 6.18 Å². The maximum Gasteiger partial charge on any atom is 0.418 e. The van der Waals surface area contributed by atoms with Gasteiger partial charge in [-0.15, -0.1) is 0 Å². The average Bonchev–Trinajstić information content (AvgIpc) is 2.88. The Hall–Kier alpha value is -1.43. The fraction of sp³-hybridized carbons (Fsp3) is 0.500. The molecule has 0 bridgehead atoms. The van der Waals surface area contributed by atoms with Gasteiger partial charge in [0.15, 0.2) is 0 Å². The lowest BCUT2D eigenvalue weighted by molar-refractivity contribution is -0.137. The van der Waals surface area contributed by atoms with Crippen LogP contribution in [0.2, 0.25) is 5.02 Å². The number of para-hydroxylation sites is 1. The van der Waals surface area contributed by atoms with E-state index in [0.29, 0.717) is 0 Å². The number of hydrogen-bond donors (Lipinski definition) is 2. The predicted octanol–water partition coefficient (Wildman–Crippen LogP) is 3.83. The Morgan fingerprint density at radius 2 is 1.95 bits per heavy atom. The van der Waals surface area contributed by atoms with Gasteiger partial charge in [0.1, 0.15) is 0 Å². The third kappa shape index (κ3) is 4.27. The van der Waals surface area contributed by atoms with Gasteiger partial charge < -0.3 is 10.6 Å². The molecule has 21 heavy (non-hydrogen) atoms. The number of alkyl halides is 3. The Labute approximate surface area is 125 Å². The van der Waals surface area contributed by atoms with Crippen molar-refractivity contribution in [2.45, 2.75) is 37.9 Å². The van der Waals surface area contributed by atoms with Gasteiger partial charge in [0.05, 0.1) is 22.8 Å². The van der Waals surface area contributed by atoms with Crippen LogP contribution in [0, 0.1) is 0 Å². The van der Waals surface area contributed by atoms with Gasteiger partial charge in [0, 0.05) is 6.04 Å². The largest absolute Gasteiger partial charge is 0.418 e. The van der Waals surface area contributed by atoms with E-state index < -0.39 is 11.7 Å². The maximum atomic E-state index is 12.9. The van der Waals surface area contributed by atoms with Crippen molar-refractivity contribution >= 4 is 23.2 Å². The Bertz CT molecular complexity index is 513.